The van der Waals surface area contributed by atoms with E-state index in [0.29, 0.717) is 11.3 Å². The Balaban J connectivity index is 3.30. The molecule has 6 nitrogen and oxygen atoms in total. The second kappa shape index (κ2) is 7.49. The molecule has 0 aliphatic heterocycles. The molecule has 1 aromatic rings. The predicted octanol–water partition coefficient (Wildman–Crippen LogP) is 1.60. The number of hydrogen-bond donors (Lipinski definition) is 0. The zero-order valence-corrected chi connectivity index (χ0v) is 12.0. The molecule has 0 N–H and O–H groups in total. The first kappa shape index (κ1) is 16.0. The first-order chi connectivity index (χ1) is 9.58. The number of esters is 1. The Kier molecular flexibility index (Phi) is 5.99. The minimum atomic E-state index is -0.928. The molecule has 110 valence electrons. The third kappa shape index (κ3) is 3.48. The van der Waals surface area contributed by atoms with E-state index in [4.69, 9.17) is 18.9 Å². The lowest BCUT2D eigenvalue weighted by Crippen LogP contribution is -2.19. The molecule has 0 bridgehead atoms. The lowest BCUT2D eigenvalue weighted by molar-refractivity contribution is -0.137. The molecule has 0 spiro atoms. The number of rotatable bonds is 7. The zero-order chi connectivity index (χ0) is 15.1. The van der Waals surface area contributed by atoms with Crippen molar-refractivity contribution in [3.8, 4) is 11.5 Å². The van der Waals surface area contributed by atoms with E-state index in [2.05, 4.69) is 0 Å². The molecular formula is C14H18O6. The smallest absolute Gasteiger partial charge is 0.379 e. The summed E-state index contributed by atoms with van der Waals surface area (Å²) in [5, 5.41) is 0. The summed E-state index contributed by atoms with van der Waals surface area (Å²) in [6.45, 7) is 2.04. The number of benzene rings is 1. The van der Waals surface area contributed by atoms with Gasteiger partial charge in [0.1, 0.15) is 0 Å². The lowest BCUT2D eigenvalue weighted by Gasteiger charge is -2.13. The van der Waals surface area contributed by atoms with E-state index in [9.17, 15) is 9.59 Å². The summed E-state index contributed by atoms with van der Waals surface area (Å²) >= 11 is 0. The fourth-order valence-corrected chi connectivity index (χ4v) is 1.75. The van der Waals surface area contributed by atoms with Crippen molar-refractivity contribution in [2.24, 2.45) is 0 Å². The average molecular weight is 282 g/mol. The van der Waals surface area contributed by atoms with Crippen molar-refractivity contribution in [3.63, 3.8) is 0 Å². The van der Waals surface area contributed by atoms with Crippen LogP contribution in [0.5, 0.6) is 11.5 Å². The van der Waals surface area contributed by atoms with Gasteiger partial charge in [0.05, 0.1) is 33.0 Å². The van der Waals surface area contributed by atoms with E-state index in [1.807, 2.05) is 0 Å². The molecule has 0 unspecified atom stereocenters. The normalized spacial score (nSPS) is 10.0. The number of Topliss-reactive ketones (excluding diaryl/α,β-unsaturated/α-hetero) is 1. The third-order valence-corrected chi connectivity index (χ3v) is 2.56. The van der Waals surface area contributed by atoms with Crippen LogP contribution in [0.1, 0.15) is 22.8 Å². The Morgan fingerprint density at radius 3 is 2.30 bits per heavy atom. The monoisotopic (exact) mass is 282 g/mol. The molecule has 0 saturated heterocycles. The fourth-order valence-electron chi connectivity index (χ4n) is 1.75. The van der Waals surface area contributed by atoms with Crippen LogP contribution >= 0.6 is 0 Å². The fraction of sp³-hybridized carbons (Fsp3) is 0.429. The summed E-state index contributed by atoms with van der Waals surface area (Å²) in [6, 6.07) is 3.22. The van der Waals surface area contributed by atoms with Crippen molar-refractivity contribution in [3.05, 3.63) is 23.3 Å². The summed E-state index contributed by atoms with van der Waals surface area (Å²) < 4.78 is 20.1. The van der Waals surface area contributed by atoms with E-state index in [1.165, 1.54) is 27.4 Å². The minimum Gasteiger partial charge on any atom is -0.493 e. The molecule has 1 rings (SSSR count). The Morgan fingerprint density at radius 2 is 1.80 bits per heavy atom. The van der Waals surface area contributed by atoms with Gasteiger partial charge in [-0.1, -0.05) is 0 Å². The summed E-state index contributed by atoms with van der Waals surface area (Å²) in [5.41, 5.74) is 0.787. The van der Waals surface area contributed by atoms with Gasteiger partial charge in [-0.2, -0.15) is 0 Å². The van der Waals surface area contributed by atoms with Gasteiger partial charge in [-0.3, -0.25) is 4.79 Å². The van der Waals surface area contributed by atoms with Crippen molar-refractivity contribution in [1.29, 1.82) is 0 Å². The van der Waals surface area contributed by atoms with E-state index in [-0.39, 0.29) is 24.5 Å². The highest BCUT2D eigenvalue weighted by molar-refractivity contribution is 6.41. The van der Waals surface area contributed by atoms with Crippen molar-refractivity contribution in [2.75, 3.05) is 27.9 Å². The molecule has 0 fully saturated rings. The lowest BCUT2D eigenvalue weighted by atomic mass is 10.0. The third-order valence-electron chi connectivity index (χ3n) is 2.56. The van der Waals surface area contributed by atoms with Crippen LogP contribution in [-0.2, 0) is 20.9 Å². The summed E-state index contributed by atoms with van der Waals surface area (Å²) in [7, 11) is 4.38. The Labute approximate surface area is 117 Å². The summed E-state index contributed by atoms with van der Waals surface area (Å²) in [4.78, 5) is 23.7. The Hall–Kier alpha value is -2.08. The Morgan fingerprint density at radius 1 is 1.10 bits per heavy atom. The second-order valence-electron chi connectivity index (χ2n) is 3.86. The van der Waals surface area contributed by atoms with Gasteiger partial charge < -0.3 is 18.9 Å². The van der Waals surface area contributed by atoms with E-state index in [0.717, 1.165) is 0 Å². The van der Waals surface area contributed by atoms with Crippen LogP contribution in [-0.4, -0.2) is 39.7 Å². The molecule has 0 aliphatic carbocycles. The highest BCUT2D eigenvalue weighted by Gasteiger charge is 2.25. The van der Waals surface area contributed by atoms with Crippen LogP contribution in [0.4, 0.5) is 0 Å². The molecule has 0 amide bonds. The quantitative estimate of drug-likeness (QED) is 0.430. The van der Waals surface area contributed by atoms with Crippen LogP contribution in [0.15, 0.2) is 12.1 Å². The van der Waals surface area contributed by atoms with Crippen molar-refractivity contribution in [2.45, 2.75) is 13.5 Å². The zero-order valence-electron chi connectivity index (χ0n) is 12.0. The first-order valence-corrected chi connectivity index (χ1v) is 6.04. The molecule has 20 heavy (non-hydrogen) atoms. The van der Waals surface area contributed by atoms with Gasteiger partial charge in [-0.25, -0.2) is 4.79 Å². The maximum atomic E-state index is 12.1. The molecule has 0 atom stereocenters. The van der Waals surface area contributed by atoms with E-state index < -0.39 is 11.8 Å². The van der Waals surface area contributed by atoms with Gasteiger partial charge >= 0.3 is 5.97 Å². The average Bonchev–Trinajstić information content (AvgIpc) is 2.46. The molecule has 0 radical (unpaired) electrons. The number of carbonyl (C=O) groups is 2. The maximum Gasteiger partial charge on any atom is 0.379 e. The van der Waals surface area contributed by atoms with Crippen LogP contribution in [0.25, 0.3) is 0 Å². The van der Waals surface area contributed by atoms with Crippen LogP contribution in [0.2, 0.25) is 0 Å². The molecular weight excluding hydrogens is 264 g/mol. The second-order valence-corrected chi connectivity index (χ2v) is 3.86. The van der Waals surface area contributed by atoms with Gasteiger partial charge in [-0.05, 0) is 24.6 Å². The number of hydrogen-bond acceptors (Lipinski definition) is 6. The molecule has 1 aromatic carbocycles. The topological polar surface area (TPSA) is 71.1 Å². The highest BCUT2D eigenvalue weighted by atomic mass is 16.5. The van der Waals surface area contributed by atoms with Crippen LogP contribution in [0, 0.1) is 0 Å². The Bertz CT molecular complexity index is 495. The van der Waals surface area contributed by atoms with Gasteiger partial charge in [0.25, 0.3) is 5.78 Å². The van der Waals surface area contributed by atoms with Crippen molar-refractivity contribution >= 4 is 11.8 Å². The molecule has 0 aromatic heterocycles. The van der Waals surface area contributed by atoms with Crippen molar-refractivity contribution in [1.82, 2.24) is 0 Å². The molecule has 0 aliphatic rings. The molecule has 0 heterocycles. The maximum absolute atomic E-state index is 12.1. The summed E-state index contributed by atoms with van der Waals surface area (Å²) in [5.74, 6) is -1.15. The van der Waals surface area contributed by atoms with Crippen molar-refractivity contribution < 1.29 is 28.5 Å². The first-order valence-electron chi connectivity index (χ1n) is 6.04. The minimum absolute atomic E-state index is 0.0948. The summed E-state index contributed by atoms with van der Waals surface area (Å²) in [6.07, 6.45) is 0. The number of ether oxygens (including phenoxy) is 4. The van der Waals surface area contributed by atoms with E-state index in [1.54, 1.807) is 13.0 Å². The predicted molar refractivity (Wildman–Crippen MR) is 71.2 cm³/mol. The standard InChI is InChI=1S/C14H18O6/c1-5-20-14(16)12(15)10-6-9(8-17-2)7-11(18-3)13(10)19-4/h6-7H,5,8H2,1-4H3. The van der Waals surface area contributed by atoms with Gasteiger partial charge in [0.15, 0.2) is 11.5 Å². The van der Waals surface area contributed by atoms with Gasteiger partial charge in [0, 0.05) is 7.11 Å². The van der Waals surface area contributed by atoms with Gasteiger partial charge in [0.2, 0.25) is 0 Å². The largest absolute Gasteiger partial charge is 0.493 e. The molecule has 0 saturated carbocycles. The van der Waals surface area contributed by atoms with Crippen LogP contribution < -0.4 is 9.47 Å². The van der Waals surface area contributed by atoms with Crippen LogP contribution in [0.3, 0.4) is 0 Å². The number of methoxy groups -OCH3 is 3. The van der Waals surface area contributed by atoms with Gasteiger partial charge in [-0.15, -0.1) is 0 Å². The SMILES string of the molecule is CCOC(=O)C(=O)c1cc(COC)cc(OC)c1OC. The highest BCUT2D eigenvalue weighted by Crippen LogP contribution is 2.33. The molecule has 6 heteroatoms. The van der Waals surface area contributed by atoms with E-state index >= 15 is 0 Å². The number of ketones is 1. The number of carbonyl (C=O) groups excluding carboxylic acids is 2.